The van der Waals surface area contributed by atoms with E-state index in [1.54, 1.807) is 0 Å². The molecule has 0 aromatic rings. The van der Waals surface area contributed by atoms with Crippen molar-refractivity contribution < 1.29 is 4.79 Å². The van der Waals surface area contributed by atoms with E-state index < -0.39 is 0 Å². The molecule has 0 aromatic carbocycles. The molecule has 0 saturated heterocycles. The summed E-state index contributed by atoms with van der Waals surface area (Å²) in [6, 6.07) is 0.492. The van der Waals surface area contributed by atoms with Crippen LogP contribution in [0.25, 0.3) is 0 Å². The van der Waals surface area contributed by atoms with E-state index in [4.69, 9.17) is 0 Å². The number of hydrogen-bond donors (Lipinski definition) is 2. The summed E-state index contributed by atoms with van der Waals surface area (Å²) in [6.07, 6.45) is 4.06. The minimum absolute atomic E-state index is 0.0283. The zero-order valence-electron chi connectivity index (χ0n) is 8.60. The minimum Gasteiger partial charge on any atom is -0.355 e. The monoisotopic (exact) mass is 184 g/mol. The molecule has 0 aliphatic heterocycles. The summed E-state index contributed by atoms with van der Waals surface area (Å²) in [5.74, 6) is 0.0283. The van der Waals surface area contributed by atoms with Crippen molar-refractivity contribution in [1.82, 2.24) is 10.6 Å². The van der Waals surface area contributed by atoms with Gasteiger partial charge >= 0.3 is 0 Å². The number of hydrogen-bond acceptors (Lipinski definition) is 2. The largest absolute Gasteiger partial charge is 0.355 e. The van der Waals surface area contributed by atoms with Crippen molar-refractivity contribution >= 4 is 5.91 Å². The molecule has 3 nitrogen and oxygen atoms in total. The third kappa shape index (κ3) is 9.08. The van der Waals surface area contributed by atoms with Crippen LogP contribution in [-0.2, 0) is 4.79 Å². The van der Waals surface area contributed by atoms with Gasteiger partial charge in [0.25, 0.3) is 0 Å². The molecule has 0 radical (unpaired) electrons. The predicted octanol–water partition coefficient (Wildman–Crippen LogP) is 1.07. The topological polar surface area (TPSA) is 41.1 Å². The highest BCUT2D eigenvalue weighted by molar-refractivity contribution is 5.72. The fourth-order valence-electron chi connectivity index (χ4n) is 1.03. The van der Waals surface area contributed by atoms with Gasteiger partial charge in [-0.05, 0) is 19.8 Å². The summed E-state index contributed by atoms with van der Waals surface area (Å²) >= 11 is 0. The van der Waals surface area contributed by atoms with Crippen molar-refractivity contribution in [2.45, 2.75) is 32.7 Å². The summed E-state index contributed by atoms with van der Waals surface area (Å²) < 4.78 is 0. The number of carbonyl (C=O) groups excluding carboxylic acids is 1. The highest BCUT2D eigenvalue weighted by Crippen LogP contribution is 1.95. The average molecular weight is 184 g/mol. The third-order valence-electron chi connectivity index (χ3n) is 1.80. The zero-order chi connectivity index (χ0) is 10.1. The molecule has 2 N–H and O–H groups in total. The van der Waals surface area contributed by atoms with Gasteiger partial charge in [0.1, 0.15) is 0 Å². The molecule has 0 fully saturated rings. The van der Waals surface area contributed by atoms with E-state index >= 15 is 0 Å². The Labute approximate surface area is 80.6 Å². The van der Waals surface area contributed by atoms with Crippen molar-refractivity contribution in [3.63, 3.8) is 0 Å². The lowest BCUT2D eigenvalue weighted by Crippen LogP contribution is -2.34. The van der Waals surface area contributed by atoms with Gasteiger partial charge in [0.05, 0.1) is 0 Å². The van der Waals surface area contributed by atoms with Crippen molar-refractivity contribution in [2.75, 3.05) is 13.1 Å². The molecule has 3 heteroatoms. The smallest absolute Gasteiger partial charge is 0.216 e. The summed E-state index contributed by atoms with van der Waals surface area (Å²) in [7, 11) is 0. The van der Waals surface area contributed by atoms with Crippen molar-refractivity contribution in [3.8, 4) is 0 Å². The van der Waals surface area contributed by atoms with Gasteiger partial charge in [-0.1, -0.05) is 6.08 Å². The Morgan fingerprint density at radius 2 is 2.23 bits per heavy atom. The normalized spacial score (nSPS) is 12.2. The zero-order valence-corrected chi connectivity index (χ0v) is 8.60. The average Bonchev–Trinajstić information content (AvgIpc) is 2.08. The second-order valence-corrected chi connectivity index (χ2v) is 3.20. The minimum atomic E-state index is 0.0283. The number of amides is 1. The summed E-state index contributed by atoms with van der Waals surface area (Å²) in [5.41, 5.74) is 0. The highest BCUT2D eigenvalue weighted by atomic mass is 16.1. The van der Waals surface area contributed by atoms with Gasteiger partial charge in [0, 0.05) is 26.1 Å². The molecule has 13 heavy (non-hydrogen) atoms. The van der Waals surface area contributed by atoms with Crippen LogP contribution in [0.2, 0.25) is 0 Å². The molecule has 0 aliphatic rings. The van der Waals surface area contributed by atoms with Gasteiger partial charge < -0.3 is 10.6 Å². The highest BCUT2D eigenvalue weighted by Gasteiger charge is 1.98. The number of nitrogens with one attached hydrogen (secondary N) is 2. The molecule has 0 aromatic heterocycles. The standard InChI is InChI=1S/C10H20N2O/c1-4-5-6-9(2)11-7-8-12-10(3)13/h4,9,11H,1,5-8H2,2-3H3,(H,12,13). The summed E-state index contributed by atoms with van der Waals surface area (Å²) in [5, 5.41) is 6.05. The maximum absolute atomic E-state index is 10.5. The Kier molecular flexibility index (Phi) is 7.30. The molecule has 0 heterocycles. The predicted molar refractivity (Wildman–Crippen MR) is 55.6 cm³/mol. The molecule has 1 atom stereocenters. The Morgan fingerprint density at radius 1 is 1.54 bits per heavy atom. The van der Waals surface area contributed by atoms with Gasteiger partial charge in [-0.25, -0.2) is 0 Å². The Morgan fingerprint density at radius 3 is 2.77 bits per heavy atom. The fraction of sp³-hybridized carbons (Fsp3) is 0.700. The first-order valence-electron chi connectivity index (χ1n) is 4.75. The summed E-state index contributed by atoms with van der Waals surface area (Å²) in [4.78, 5) is 10.5. The van der Waals surface area contributed by atoms with Crippen LogP contribution in [0.3, 0.4) is 0 Å². The maximum Gasteiger partial charge on any atom is 0.216 e. The lowest BCUT2D eigenvalue weighted by atomic mass is 10.2. The quantitative estimate of drug-likeness (QED) is 0.459. The molecule has 1 unspecified atom stereocenters. The lowest BCUT2D eigenvalue weighted by Gasteiger charge is -2.12. The van der Waals surface area contributed by atoms with Crippen LogP contribution in [0.4, 0.5) is 0 Å². The van der Waals surface area contributed by atoms with Gasteiger partial charge in [-0.3, -0.25) is 4.79 Å². The van der Waals surface area contributed by atoms with Gasteiger partial charge in [-0.2, -0.15) is 0 Å². The van der Waals surface area contributed by atoms with E-state index in [0.29, 0.717) is 12.6 Å². The number of allylic oxidation sites excluding steroid dienone is 1. The van der Waals surface area contributed by atoms with Crippen LogP contribution in [0.1, 0.15) is 26.7 Å². The second-order valence-electron chi connectivity index (χ2n) is 3.20. The van der Waals surface area contributed by atoms with E-state index in [1.165, 1.54) is 6.92 Å². The van der Waals surface area contributed by atoms with Crippen LogP contribution in [0.15, 0.2) is 12.7 Å². The molecule has 0 spiro atoms. The molecular weight excluding hydrogens is 164 g/mol. The van der Waals surface area contributed by atoms with E-state index in [0.717, 1.165) is 19.4 Å². The van der Waals surface area contributed by atoms with Crippen LogP contribution in [-0.4, -0.2) is 25.0 Å². The Balaban J connectivity index is 3.21. The molecule has 0 aliphatic carbocycles. The van der Waals surface area contributed by atoms with Crippen LogP contribution in [0, 0.1) is 0 Å². The Hall–Kier alpha value is -0.830. The number of rotatable bonds is 7. The number of carbonyl (C=O) groups is 1. The first kappa shape index (κ1) is 12.2. The van der Waals surface area contributed by atoms with Crippen molar-refractivity contribution in [1.29, 1.82) is 0 Å². The van der Waals surface area contributed by atoms with Crippen LogP contribution < -0.4 is 10.6 Å². The lowest BCUT2D eigenvalue weighted by molar-refractivity contribution is -0.118. The van der Waals surface area contributed by atoms with E-state index in [9.17, 15) is 4.79 Å². The molecule has 76 valence electrons. The third-order valence-corrected chi connectivity index (χ3v) is 1.80. The van der Waals surface area contributed by atoms with Crippen LogP contribution in [0.5, 0.6) is 0 Å². The van der Waals surface area contributed by atoms with Crippen molar-refractivity contribution in [2.24, 2.45) is 0 Å². The first-order valence-corrected chi connectivity index (χ1v) is 4.75. The van der Waals surface area contributed by atoms with E-state index in [-0.39, 0.29) is 5.91 Å². The van der Waals surface area contributed by atoms with Gasteiger partial charge in [0.2, 0.25) is 5.91 Å². The van der Waals surface area contributed by atoms with Crippen LogP contribution >= 0.6 is 0 Å². The van der Waals surface area contributed by atoms with Gasteiger partial charge in [-0.15, -0.1) is 6.58 Å². The molecule has 0 bridgehead atoms. The maximum atomic E-state index is 10.5. The fourth-order valence-corrected chi connectivity index (χ4v) is 1.03. The van der Waals surface area contributed by atoms with Crippen molar-refractivity contribution in [3.05, 3.63) is 12.7 Å². The second kappa shape index (κ2) is 7.80. The Bertz CT molecular complexity index is 157. The van der Waals surface area contributed by atoms with E-state index in [1.807, 2.05) is 6.08 Å². The molecule has 0 saturated carbocycles. The first-order chi connectivity index (χ1) is 6.16. The summed E-state index contributed by atoms with van der Waals surface area (Å²) in [6.45, 7) is 8.87. The van der Waals surface area contributed by atoms with Gasteiger partial charge in [0.15, 0.2) is 0 Å². The van der Waals surface area contributed by atoms with E-state index in [2.05, 4.69) is 24.1 Å². The SMILES string of the molecule is C=CCCC(C)NCCNC(C)=O. The molecule has 1 amide bonds. The molecular formula is C10H20N2O. The molecule has 0 rings (SSSR count).